The van der Waals surface area contributed by atoms with Gasteiger partial charge in [-0.15, -0.1) is 10.2 Å². The number of hydrogen-bond donors (Lipinski definition) is 1. The SMILES string of the molecule is CCc1nn(C)cc1CNc1nnc(Cc2ccc(Cl)cc2)s1. The molecule has 2 heterocycles. The van der Waals surface area contributed by atoms with Crippen molar-refractivity contribution in [1.29, 1.82) is 0 Å². The van der Waals surface area contributed by atoms with Crippen molar-refractivity contribution in [3.8, 4) is 0 Å². The summed E-state index contributed by atoms with van der Waals surface area (Å²) in [4.78, 5) is 0. The maximum atomic E-state index is 5.90. The number of hydrogen-bond acceptors (Lipinski definition) is 5. The largest absolute Gasteiger partial charge is 0.356 e. The zero-order valence-corrected chi connectivity index (χ0v) is 14.7. The van der Waals surface area contributed by atoms with Crippen LogP contribution < -0.4 is 5.32 Å². The third-order valence-corrected chi connectivity index (χ3v) is 4.63. The molecule has 0 bridgehead atoms. The Balaban J connectivity index is 1.61. The Kier molecular flexibility index (Phi) is 4.93. The first kappa shape index (κ1) is 16.0. The van der Waals surface area contributed by atoms with Crippen LogP contribution in [0.1, 0.15) is 28.8 Å². The molecule has 0 aliphatic carbocycles. The van der Waals surface area contributed by atoms with E-state index in [4.69, 9.17) is 11.6 Å². The van der Waals surface area contributed by atoms with Gasteiger partial charge in [0.25, 0.3) is 0 Å². The van der Waals surface area contributed by atoms with Crippen LogP contribution in [0, 0.1) is 0 Å². The van der Waals surface area contributed by atoms with Crippen LogP contribution in [0.15, 0.2) is 30.5 Å². The lowest BCUT2D eigenvalue weighted by atomic mass is 10.2. The average molecular weight is 348 g/mol. The van der Waals surface area contributed by atoms with Gasteiger partial charge in [0.05, 0.1) is 5.69 Å². The fourth-order valence-electron chi connectivity index (χ4n) is 2.37. The topological polar surface area (TPSA) is 55.6 Å². The van der Waals surface area contributed by atoms with E-state index >= 15 is 0 Å². The zero-order valence-electron chi connectivity index (χ0n) is 13.1. The lowest BCUT2D eigenvalue weighted by Gasteiger charge is -2.01. The Morgan fingerprint density at radius 2 is 2.00 bits per heavy atom. The van der Waals surface area contributed by atoms with Gasteiger partial charge < -0.3 is 5.32 Å². The molecule has 2 aromatic heterocycles. The highest BCUT2D eigenvalue weighted by Crippen LogP contribution is 2.20. The maximum Gasteiger partial charge on any atom is 0.205 e. The number of rotatable bonds is 6. The van der Waals surface area contributed by atoms with Crippen molar-refractivity contribution in [2.45, 2.75) is 26.3 Å². The normalized spacial score (nSPS) is 10.9. The predicted molar refractivity (Wildman–Crippen MR) is 94.1 cm³/mol. The molecule has 0 amide bonds. The van der Waals surface area contributed by atoms with Crippen molar-refractivity contribution in [1.82, 2.24) is 20.0 Å². The first-order valence-corrected chi connectivity index (χ1v) is 8.65. The van der Waals surface area contributed by atoms with Gasteiger partial charge in [-0.05, 0) is 24.1 Å². The molecule has 0 atom stereocenters. The molecule has 0 saturated heterocycles. The van der Waals surface area contributed by atoms with E-state index in [0.29, 0.717) is 6.54 Å². The van der Waals surface area contributed by atoms with Gasteiger partial charge in [0.1, 0.15) is 5.01 Å². The summed E-state index contributed by atoms with van der Waals surface area (Å²) in [5.41, 5.74) is 3.49. The molecule has 120 valence electrons. The highest BCUT2D eigenvalue weighted by Gasteiger charge is 2.08. The number of benzene rings is 1. The van der Waals surface area contributed by atoms with Crippen molar-refractivity contribution in [2.24, 2.45) is 7.05 Å². The molecule has 0 radical (unpaired) electrons. The van der Waals surface area contributed by atoms with Crippen LogP contribution in [0.3, 0.4) is 0 Å². The van der Waals surface area contributed by atoms with Crippen LogP contribution >= 0.6 is 22.9 Å². The molecule has 0 saturated carbocycles. The van der Waals surface area contributed by atoms with Crippen LogP contribution in [0.25, 0.3) is 0 Å². The summed E-state index contributed by atoms with van der Waals surface area (Å²) in [6.07, 6.45) is 3.74. The van der Waals surface area contributed by atoms with E-state index in [1.165, 1.54) is 11.1 Å². The molecule has 23 heavy (non-hydrogen) atoms. The maximum absolute atomic E-state index is 5.90. The number of nitrogens with zero attached hydrogens (tertiary/aromatic N) is 4. The molecule has 0 aliphatic heterocycles. The second kappa shape index (κ2) is 7.10. The fourth-order valence-corrected chi connectivity index (χ4v) is 3.27. The van der Waals surface area contributed by atoms with Crippen molar-refractivity contribution < 1.29 is 0 Å². The number of anilines is 1. The third kappa shape index (κ3) is 4.09. The Morgan fingerprint density at radius 1 is 1.22 bits per heavy atom. The van der Waals surface area contributed by atoms with Crippen molar-refractivity contribution in [3.63, 3.8) is 0 Å². The molecular formula is C16H18ClN5S. The number of aryl methyl sites for hydroxylation is 2. The van der Waals surface area contributed by atoms with E-state index < -0.39 is 0 Å². The Morgan fingerprint density at radius 3 is 2.74 bits per heavy atom. The molecular weight excluding hydrogens is 330 g/mol. The van der Waals surface area contributed by atoms with E-state index in [9.17, 15) is 0 Å². The Bertz CT molecular complexity index is 778. The van der Waals surface area contributed by atoms with Gasteiger partial charge in [0.2, 0.25) is 5.13 Å². The van der Waals surface area contributed by atoms with Crippen LogP contribution in [0.4, 0.5) is 5.13 Å². The van der Waals surface area contributed by atoms with Crippen molar-refractivity contribution >= 4 is 28.1 Å². The lowest BCUT2D eigenvalue weighted by Crippen LogP contribution is -2.00. The zero-order chi connectivity index (χ0) is 16.2. The highest BCUT2D eigenvalue weighted by atomic mass is 35.5. The summed E-state index contributed by atoms with van der Waals surface area (Å²) in [6, 6.07) is 7.82. The van der Waals surface area contributed by atoms with Crippen LogP contribution in [0.5, 0.6) is 0 Å². The lowest BCUT2D eigenvalue weighted by molar-refractivity contribution is 0.746. The highest BCUT2D eigenvalue weighted by molar-refractivity contribution is 7.15. The van der Waals surface area contributed by atoms with Gasteiger partial charge in [-0.3, -0.25) is 4.68 Å². The summed E-state index contributed by atoms with van der Waals surface area (Å²) in [6.45, 7) is 2.83. The summed E-state index contributed by atoms with van der Waals surface area (Å²) in [5, 5.41) is 18.8. The van der Waals surface area contributed by atoms with Gasteiger partial charge in [-0.2, -0.15) is 5.10 Å². The fraction of sp³-hybridized carbons (Fsp3) is 0.312. The van der Waals surface area contributed by atoms with Gasteiger partial charge in [0.15, 0.2) is 0 Å². The molecule has 0 spiro atoms. The predicted octanol–water partition coefficient (Wildman–Crippen LogP) is 3.69. The van der Waals surface area contributed by atoms with Crippen LogP contribution in [-0.4, -0.2) is 20.0 Å². The summed E-state index contributed by atoms with van der Waals surface area (Å²) >= 11 is 7.48. The van der Waals surface area contributed by atoms with Crippen LogP contribution in [-0.2, 0) is 26.4 Å². The van der Waals surface area contributed by atoms with Gasteiger partial charge in [-0.25, -0.2) is 0 Å². The minimum atomic E-state index is 0.715. The number of nitrogens with one attached hydrogen (secondary N) is 1. The standard InChI is InChI=1S/C16H18ClN5S/c1-3-14-12(10-22(2)21-14)9-18-16-20-19-15(23-16)8-11-4-6-13(17)7-5-11/h4-7,10H,3,8-9H2,1-2H3,(H,18,20). The summed E-state index contributed by atoms with van der Waals surface area (Å²) < 4.78 is 1.85. The quantitative estimate of drug-likeness (QED) is 0.738. The molecule has 5 nitrogen and oxygen atoms in total. The molecule has 3 rings (SSSR count). The molecule has 1 N–H and O–H groups in total. The van der Waals surface area contributed by atoms with E-state index in [1.807, 2.05) is 42.2 Å². The second-order valence-corrected chi connectivity index (χ2v) is 6.78. The van der Waals surface area contributed by atoms with Crippen LogP contribution in [0.2, 0.25) is 5.02 Å². The second-order valence-electron chi connectivity index (χ2n) is 5.29. The van der Waals surface area contributed by atoms with E-state index in [1.54, 1.807) is 11.3 Å². The monoisotopic (exact) mass is 347 g/mol. The first-order chi connectivity index (χ1) is 11.1. The molecule has 3 aromatic rings. The van der Waals surface area contributed by atoms with Gasteiger partial charge in [0, 0.05) is 36.8 Å². The summed E-state index contributed by atoms with van der Waals surface area (Å²) in [7, 11) is 1.94. The minimum Gasteiger partial charge on any atom is -0.356 e. The minimum absolute atomic E-state index is 0.715. The van der Waals surface area contributed by atoms with E-state index in [2.05, 4.69) is 27.5 Å². The molecule has 0 unspecified atom stereocenters. The third-order valence-electron chi connectivity index (χ3n) is 3.49. The molecule has 0 aliphatic rings. The number of aromatic nitrogens is 4. The average Bonchev–Trinajstić information content (AvgIpc) is 3.13. The molecule has 7 heteroatoms. The Hall–Kier alpha value is -1.92. The smallest absolute Gasteiger partial charge is 0.205 e. The van der Waals surface area contributed by atoms with Gasteiger partial charge >= 0.3 is 0 Å². The summed E-state index contributed by atoms with van der Waals surface area (Å²) in [5.74, 6) is 0. The molecule has 0 fully saturated rings. The van der Waals surface area contributed by atoms with E-state index in [-0.39, 0.29) is 0 Å². The Labute approximate surface area is 144 Å². The van der Waals surface area contributed by atoms with Crippen molar-refractivity contribution in [3.05, 3.63) is 57.3 Å². The number of halogens is 1. The van der Waals surface area contributed by atoms with Crippen molar-refractivity contribution in [2.75, 3.05) is 5.32 Å². The molecule has 1 aromatic carbocycles. The first-order valence-electron chi connectivity index (χ1n) is 7.46. The van der Waals surface area contributed by atoms with Gasteiger partial charge in [-0.1, -0.05) is 42.0 Å². The van der Waals surface area contributed by atoms with E-state index in [0.717, 1.165) is 33.7 Å².